The van der Waals surface area contributed by atoms with Crippen LogP contribution in [0.3, 0.4) is 0 Å². The van der Waals surface area contributed by atoms with Crippen LogP contribution in [0.1, 0.15) is 53.4 Å². The second-order valence-electron chi connectivity index (χ2n) is 12.3. The number of carbonyl (C=O) groups excluding carboxylic acids is 3. The van der Waals surface area contributed by atoms with Gasteiger partial charge >= 0.3 is 5.97 Å². The quantitative estimate of drug-likeness (QED) is 0.512. The summed E-state index contributed by atoms with van der Waals surface area (Å²) in [5.41, 5.74) is -7.05. The number of ether oxygens (including phenoxy) is 2. The third-order valence-electron chi connectivity index (χ3n) is 10.5. The minimum Gasteiger partial charge on any atom is -0.447 e. The highest BCUT2D eigenvalue weighted by Gasteiger charge is 2.78. The smallest absolute Gasteiger partial charge is 0.336 e. The number of allylic oxidation sites excluding steroid dienone is 4. The normalized spacial score (nSPS) is 49.6. The Balaban J connectivity index is 1.61. The van der Waals surface area contributed by atoms with E-state index in [1.807, 2.05) is 6.92 Å². The van der Waals surface area contributed by atoms with Crippen LogP contribution >= 0.6 is 11.8 Å². The van der Waals surface area contributed by atoms with Crippen molar-refractivity contribution in [3.05, 3.63) is 23.8 Å². The Hall–Kier alpha value is -1.65. The molecule has 5 unspecified atom stereocenters. The first-order valence-electron chi connectivity index (χ1n) is 13.3. The second kappa shape index (κ2) is 9.20. The molecule has 1 heterocycles. The lowest BCUT2D eigenvalue weighted by molar-refractivity contribution is -0.231. The minimum atomic E-state index is -2.33. The van der Waals surface area contributed by atoms with Crippen molar-refractivity contribution in [1.82, 2.24) is 0 Å². The van der Waals surface area contributed by atoms with Crippen molar-refractivity contribution >= 4 is 28.6 Å². The molecule has 5 rings (SSSR count). The standard InChI is InChI=1S/C28H35F3O6S/c1-14-6-8-36-22(14)23(34)37-28(24(35)38-13-29)15(2)9-17-18-11-20(30)19-10-16(32)5-7-25(19,3)27(18,31)21(33)12-26(17,28)4/h5,7,10,14-15,17-18,20-22,33H,6,8-9,11-13H2,1-4H3/t14-,15?,17-,18-,20?,21?,22+,25-,26-,27?,28?/m0/s1. The van der Waals surface area contributed by atoms with Gasteiger partial charge in [-0.15, -0.1) is 0 Å². The third kappa shape index (κ3) is 3.44. The highest BCUT2D eigenvalue weighted by Crippen LogP contribution is 2.72. The van der Waals surface area contributed by atoms with Gasteiger partial charge in [-0.25, -0.2) is 18.0 Å². The van der Waals surface area contributed by atoms with Gasteiger partial charge in [0.1, 0.15) is 12.2 Å². The Morgan fingerprint density at radius 3 is 2.58 bits per heavy atom. The summed E-state index contributed by atoms with van der Waals surface area (Å²) in [5.74, 6) is -3.66. The highest BCUT2D eigenvalue weighted by atomic mass is 32.2. The number of aliphatic hydroxyl groups excluding tert-OH is 1. The maximum Gasteiger partial charge on any atom is 0.336 e. The molecule has 0 aromatic rings. The number of fused-ring (bicyclic) bond motifs is 5. The SMILES string of the molecule is CC1C[C@H]2[C@@H]3CC(F)C4=CC(=O)C=C[C@]4(C)C3(F)C(O)C[C@]2(C)C1(OC(=O)[C@@H]1OCC[C@@H]1C)C(=O)SCF. The fraction of sp³-hybridized carbons (Fsp3) is 0.750. The topological polar surface area (TPSA) is 89.9 Å². The Morgan fingerprint density at radius 1 is 1.24 bits per heavy atom. The van der Waals surface area contributed by atoms with Crippen LogP contribution in [-0.2, 0) is 23.9 Å². The Kier molecular flexibility index (Phi) is 6.75. The summed E-state index contributed by atoms with van der Waals surface area (Å²) in [7, 11) is 0. The Bertz CT molecular complexity index is 1110. The lowest BCUT2D eigenvalue weighted by Gasteiger charge is -2.63. The van der Waals surface area contributed by atoms with Crippen LogP contribution < -0.4 is 0 Å². The molecule has 0 spiro atoms. The van der Waals surface area contributed by atoms with Gasteiger partial charge in [-0.2, -0.15) is 0 Å². The van der Waals surface area contributed by atoms with Crippen molar-refractivity contribution in [2.75, 3.05) is 12.6 Å². The van der Waals surface area contributed by atoms with Gasteiger partial charge in [-0.3, -0.25) is 9.59 Å². The van der Waals surface area contributed by atoms with Crippen molar-refractivity contribution in [2.45, 2.75) is 83.0 Å². The predicted octanol–water partition coefficient (Wildman–Crippen LogP) is 4.45. The van der Waals surface area contributed by atoms with E-state index >= 15 is 8.78 Å². The van der Waals surface area contributed by atoms with E-state index in [0.717, 1.165) is 6.08 Å². The number of hydrogen-bond donors (Lipinski definition) is 1. The van der Waals surface area contributed by atoms with E-state index in [-0.39, 0.29) is 30.8 Å². The number of halogens is 3. The van der Waals surface area contributed by atoms with Gasteiger partial charge in [0.2, 0.25) is 5.12 Å². The van der Waals surface area contributed by atoms with Crippen LogP contribution in [0.2, 0.25) is 0 Å². The molecule has 1 aliphatic heterocycles. The van der Waals surface area contributed by atoms with Gasteiger partial charge < -0.3 is 14.6 Å². The summed E-state index contributed by atoms with van der Waals surface area (Å²) in [6, 6.07) is -1.04. The number of carbonyl (C=O) groups is 3. The van der Waals surface area contributed by atoms with E-state index in [4.69, 9.17) is 9.47 Å². The number of hydrogen-bond acceptors (Lipinski definition) is 7. The molecule has 0 amide bonds. The summed E-state index contributed by atoms with van der Waals surface area (Å²) in [6.45, 7) is 7.09. The number of ketones is 1. The fourth-order valence-corrected chi connectivity index (χ4v) is 9.38. The van der Waals surface area contributed by atoms with Crippen molar-refractivity contribution in [3.8, 4) is 0 Å². The predicted molar refractivity (Wildman–Crippen MR) is 134 cm³/mol. The fourth-order valence-electron chi connectivity index (χ4n) is 8.59. The molecule has 6 nitrogen and oxygen atoms in total. The Morgan fingerprint density at radius 2 is 1.95 bits per heavy atom. The zero-order valence-corrected chi connectivity index (χ0v) is 22.9. The van der Waals surface area contributed by atoms with E-state index in [2.05, 4.69) is 0 Å². The summed E-state index contributed by atoms with van der Waals surface area (Å²) in [6.07, 6.45) is -0.201. The molecule has 4 fully saturated rings. The number of aliphatic hydroxyl groups is 1. The lowest BCUT2D eigenvalue weighted by atomic mass is 9.44. The minimum absolute atomic E-state index is 0.00608. The van der Waals surface area contributed by atoms with E-state index in [9.17, 15) is 23.9 Å². The van der Waals surface area contributed by atoms with Crippen LogP contribution in [0.5, 0.6) is 0 Å². The summed E-state index contributed by atoms with van der Waals surface area (Å²) < 4.78 is 58.3. The van der Waals surface area contributed by atoms with Crippen molar-refractivity contribution < 1.29 is 42.1 Å². The van der Waals surface area contributed by atoms with Crippen LogP contribution in [-0.4, -0.2) is 64.2 Å². The molecule has 0 aromatic carbocycles. The van der Waals surface area contributed by atoms with E-state index in [0.29, 0.717) is 24.8 Å². The first-order valence-corrected chi connectivity index (χ1v) is 14.3. The molecule has 0 bridgehead atoms. The average molecular weight is 557 g/mol. The molecule has 10 heteroatoms. The first kappa shape index (κ1) is 27.9. The van der Waals surface area contributed by atoms with Crippen molar-refractivity contribution in [2.24, 2.45) is 34.5 Å². The van der Waals surface area contributed by atoms with Gasteiger partial charge in [-0.1, -0.05) is 26.8 Å². The van der Waals surface area contributed by atoms with Gasteiger partial charge in [0, 0.05) is 29.3 Å². The van der Waals surface area contributed by atoms with Crippen LogP contribution in [0, 0.1) is 34.5 Å². The molecule has 1 saturated heterocycles. The van der Waals surface area contributed by atoms with Crippen LogP contribution in [0.4, 0.5) is 13.2 Å². The number of thioether (sulfide) groups is 1. The number of rotatable bonds is 4. The molecule has 38 heavy (non-hydrogen) atoms. The molecule has 3 saturated carbocycles. The van der Waals surface area contributed by atoms with Gasteiger partial charge in [0.15, 0.2) is 23.2 Å². The van der Waals surface area contributed by atoms with E-state index < -0.39 is 81.1 Å². The molecule has 4 aliphatic carbocycles. The Labute approximate surface area is 224 Å². The second-order valence-corrected chi connectivity index (χ2v) is 13.1. The van der Waals surface area contributed by atoms with E-state index in [1.165, 1.54) is 19.1 Å². The van der Waals surface area contributed by atoms with Crippen molar-refractivity contribution in [1.29, 1.82) is 0 Å². The lowest BCUT2D eigenvalue weighted by Crippen LogP contribution is -2.71. The zero-order valence-electron chi connectivity index (χ0n) is 22.0. The number of alkyl halides is 3. The summed E-state index contributed by atoms with van der Waals surface area (Å²) >= 11 is 0.388. The highest BCUT2D eigenvalue weighted by molar-refractivity contribution is 8.13. The maximum absolute atomic E-state index is 17.4. The zero-order chi connectivity index (χ0) is 27.8. The van der Waals surface area contributed by atoms with Gasteiger partial charge in [0.05, 0.1) is 6.10 Å². The van der Waals surface area contributed by atoms with Crippen molar-refractivity contribution in [3.63, 3.8) is 0 Å². The van der Waals surface area contributed by atoms with E-state index in [1.54, 1.807) is 13.8 Å². The largest absolute Gasteiger partial charge is 0.447 e. The maximum atomic E-state index is 17.4. The average Bonchev–Trinajstić information content (AvgIpc) is 3.37. The molecule has 210 valence electrons. The molecule has 5 aliphatic rings. The molecule has 0 radical (unpaired) electrons. The summed E-state index contributed by atoms with van der Waals surface area (Å²) in [5, 5.41) is 10.9. The molecule has 0 aromatic heterocycles. The first-order chi connectivity index (χ1) is 17.8. The molecular weight excluding hydrogens is 521 g/mol. The molecule has 1 N–H and O–H groups in total. The van der Waals surface area contributed by atoms with Crippen LogP contribution in [0.25, 0.3) is 0 Å². The monoisotopic (exact) mass is 556 g/mol. The summed E-state index contributed by atoms with van der Waals surface area (Å²) in [4.78, 5) is 39.1. The molecular formula is C28H35F3O6S. The molecule has 11 atom stereocenters. The van der Waals surface area contributed by atoms with Gasteiger partial charge in [0.25, 0.3) is 0 Å². The number of esters is 1. The van der Waals surface area contributed by atoms with Crippen LogP contribution in [0.15, 0.2) is 23.8 Å². The van der Waals surface area contributed by atoms with Gasteiger partial charge in [-0.05, 0) is 73.9 Å². The third-order valence-corrected chi connectivity index (χ3v) is 11.2.